The van der Waals surface area contributed by atoms with Crippen LogP contribution in [0.4, 0.5) is 5.69 Å². The average molecular weight is 323 g/mol. The van der Waals surface area contributed by atoms with E-state index in [1.54, 1.807) is 30.3 Å². The van der Waals surface area contributed by atoms with Crippen molar-refractivity contribution in [1.29, 1.82) is 0 Å². The zero-order valence-electron chi connectivity index (χ0n) is 14.0. The molecule has 0 radical (unpaired) electrons. The molecular weight excluding hydrogens is 302 g/mol. The molecule has 0 aliphatic carbocycles. The summed E-state index contributed by atoms with van der Waals surface area (Å²) in [5.41, 5.74) is 2.58. The van der Waals surface area contributed by atoms with E-state index in [0.717, 1.165) is 11.3 Å². The van der Waals surface area contributed by atoms with Gasteiger partial charge in [-0.2, -0.15) is 0 Å². The van der Waals surface area contributed by atoms with E-state index in [0.29, 0.717) is 5.56 Å². The quantitative estimate of drug-likeness (QED) is 0.830. The largest absolute Gasteiger partial charge is 0.378 e. The van der Waals surface area contributed by atoms with Gasteiger partial charge in [-0.1, -0.05) is 30.3 Å². The summed E-state index contributed by atoms with van der Waals surface area (Å²) in [6.45, 7) is 0. The summed E-state index contributed by atoms with van der Waals surface area (Å²) in [5.74, 6) is -0.675. The van der Waals surface area contributed by atoms with Crippen LogP contribution in [-0.2, 0) is 4.79 Å². The van der Waals surface area contributed by atoms with Crippen LogP contribution in [0.25, 0.3) is 6.08 Å². The van der Waals surface area contributed by atoms with Crippen molar-refractivity contribution in [2.24, 2.45) is 0 Å². The molecule has 2 rings (SSSR count). The Labute approximate surface area is 142 Å². The first-order chi connectivity index (χ1) is 11.5. The molecule has 2 aromatic carbocycles. The van der Waals surface area contributed by atoms with Gasteiger partial charge in [-0.25, -0.2) is 0 Å². The van der Waals surface area contributed by atoms with Crippen LogP contribution < -0.4 is 15.5 Å². The maximum absolute atomic E-state index is 12.3. The molecule has 2 amide bonds. The number of nitrogens with zero attached hydrogens (tertiary/aromatic N) is 1. The van der Waals surface area contributed by atoms with Crippen molar-refractivity contribution < 1.29 is 9.59 Å². The van der Waals surface area contributed by atoms with Crippen molar-refractivity contribution in [3.63, 3.8) is 0 Å². The molecule has 0 fully saturated rings. The summed E-state index contributed by atoms with van der Waals surface area (Å²) in [6.07, 6.45) is 1.65. The van der Waals surface area contributed by atoms with E-state index in [1.165, 1.54) is 7.05 Å². The lowest BCUT2D eigenvalue weighted by molar-refractivity contribution is -0.117. The highest BCUT2D eigenvalue weighted by atomic mass is 16.2. The number of anilines is 1. The van der Waals surface area contributed by atoms with E-state index >= 15 is 0 Å². The maximum Gasteiger partial charge on any atom is 0.267 e. The van der Waals surface area contributed by atoms with Crippen LogP contribution in [0, 0.1) is 0 Å². The molecule has 0 heterocycles. The van der Waals surface area contributed by atoms with E-state index in [9.17, 15) is 9.59 Å². The summed E-state index contributed by atoms with van der Waals surface area (Å²) >= 11 is 0. The molecule has 2 aromatic rings. The van der Waals surface area contributed by atoms with Crippen molar-refractivity contribution in [2.75, 3.05) is 26.0 Å². The predicted octanol–water partition coefficient (Wildman–Crippen LogP) is 2.27. The summed E-state index contributed by atoms with van der Waals surface area (Å²) in [7, 11) is 5.45. The van der Waals surface area contributed by atoms with Gasteiger partial charge in [0.25, 0.3) is 11.8 Å². The minimum absolute atomic E-state index is 0.198. The number of benzene rings is 2. The lowest BCUT2D eigenvalue weighted by atomic mass is 10.1. The number of carbonyl (C=O) groups is 2. The van der Waals surface area contributed by atoms with Gasteiger partial charge in [-0.05, 0) is 35.9 Å². The lowest BCUT2D eigenvalue weighted by Gasteiger charge is -2.12. The number of amides is 2. The second-order valence-electron chi connectivity index (χ2n) is 5.44. The summed E-state index contributed by atoms with van der Waals surface area (Å²) in [6, 6.07) is 16.5. The van der Waals surface area contributed by atoms with Crippen molar-refractivity contribution in [3.8, 4) is 0 Å². The lowest BCUT2D eigenvalue weighted by Crippen LogP contribution is -2.33. The van der Waals surface area contributed by atoms with Gasteiger partial charge in [0.1, 0.15) is 5.70 Å². The van der Waals surface area contributed by atoms with Crippen molar-refractivity contribution in [1.82, 2.24) is 10.6 Å². The first-order valence-electron chi connectivity index (χ1n) is 7.59. The number of likely N-dealkylation sites (N-methyl/N-ethyl adjacent to an activating group) is 1. The zero-order chi connectivity index (χ0) is 17.5. The molecule has 2 N–H and O–H groups in total. The summed E-state index contributed by atoms with van der Waals surface area (Å²) in [5, 5.41) is 5.21. The Kier molecular flexibility index (Phi) is 5.73. The first-order valence-corrected chi connectivity index (χ1v) is 7.59. The third-order valence-corrected chi connectivity index (χ3v) is 3.48. The van der Waals surface area contributed by atoms with Crippen LogP contribution in [0.2, 0.25) is 0 Å². The standard InChI is InChI=1S/C19H21N3O2/c1-20-19(24)17(21-18(23)15-7-5-4-6-8-15)13-14-9-11-16(12-10-14)22(2)3/h4-13H,1-3H3,(H,20,24)(H,21,23)/b17-13+. The van der Waals surface area contributed by atoms with Gasteiger partial charge in [0.15, 0.2) is 0 Å². The molecule has 0 spiro atoms. The van der Waals surface area contributed by atoms with E-state index in [1.807, 2.05) is 49.3 Å². The Morgan fingerprint density at radius 2 is 1.58 bits per heavy atom. The van der Waals surface area contributed by atoms with E-state index in [-0.39, 0.29) is 17.5 Å². The van der Waals surface area contributed by atoms with Gasteiger partial charge in [-0.3, -0.25) is 9.59 Å². The molecule has 0 bridgehead atoms. The fourth-order valence-corrected chi connectivity index (χ4v) is 2.11. The Morgan fingerprint density at radius 1 is 0.958 bits per heavy atom. The molecule has 0 saturated carbocycles. The number of hydrogen-bond donors (Lipinski definition) is 2. The normalized spacial score (nSPS) is 10.9. The highest BCUT2D eigenvalue weighted by Crippen LogP contribution is 2.14. The number of nitrogens with one attached hydrogen (secondary N) is 2. The minimum Gasteiger partial charge on any atom is -0.378 e. The van der Waals surface area contributed by atoms with Gasteiger partial charge in [0, 0.05) is 32.4 Å². The van der Waals surface area contributed by atoms with Gasteiger partial charge in [0.2, 0.25) is 0 Å². The summed E-state index contributed by atoms with van der Waals surface area (Å²) in [4.78, 5) is 26.3. The second-order valence-corrected chi connectivity index (χ2v) is 5.44. The first kappa shape index (κ1) is 17.3. The SMILES string of the molecule is CNC(=O)/C(=C\c1ccc(N(C)C)cc1)NC(=O)c1ccccc1. The highest BCUT2D eigenvalue weighted by Gasteiger charge is 2.13. The molecule has 5 nitrogen and oxygen atoms in total. The Hall–Kier alpha value is -3.08. The third kappa shape index (κ3) is 4.46. The molecule has 0 aliphatic rings. The molecule has 24 heavy (non-hydrogen) atoms. The maximum atomic E-state index is 12.3. The van der Waals surface area contributed by atoms with Crippen LogP contribution in [0.1, 0.15) is 15.9 Å². The smallest absolute Gasteiger partial charge is 0.267 e. The molecule has 0 aliphatic heterocycles. The Bertz CT molecular complexity index is 735. The van der Waals surface area contributed by atoms with Crippen molar-refractivity contribution in [2.45, 2.75) is 0 Å². The molecule has 0 aromatic heterocycles. The Morgan fingerprint density at radius 3 is 2.12 bits per heavy atom. The predicted molar refractivity (Wildman–Crippen MR) is 96.7 cm³/mol. The molecule has 0 unspecified atom stereocenters. The number of rotatable bonds is 5. The van der Waals surface area contributed by atoms with Gasteiger partial charge in [0.05, 0.1) is 0 Å². The van der Waals surface area contributed by atoms with Crippen LogP contribution in [0.3, 0.4) is 0 Å². The second kappa shape index (κ2) is 7.97. The third-order valence-electron chi connectivity index (χ3n) is 3.48. The van der Waals surface area contributed by atoms with Crippen LogP contribution in [0.15, 0.2) is 60.3 Å². The fourth-order valence-electron chi connectivity index (χ4n) is 2.11. The van der Waals surface area contributed by atoms with Crippen molar-refractivity contribution in [3.05, 3.63) is 71.4 Å². The minimum atomic E-state index is -0.351. The van der Waals surface area contributed by atoms with E-state index in [4.69, 9.17) is 0 Å². The van der Waals surface area contributed by atoms with Crippen LogP contribution in [0.5, 0.6) is 0 Å². The molecule has 0 saturated heterocycles. The van der Waals surface area contributed by atoms with E-state index < -0.39 is 0 Å². The molecule has 0 atom stereocenters. The van der Waals surface area contributed by atoms with Crippen molar-refractivity contribution >= 4 is 23.6 Å². The zero-order valence-corrected chi connectivity index (χ0v) is 14.0. The number of hydrogen-bond acceptors (Lipinski definition) is 3. The fraction of sp³-hybridized carbons (Fsp3) is 0.158. The molecular formula is C19H21N3O2. The van der Waals surface area contributed by atoms with Crippen LogP contribution >= 0.6 is 0 Å². The van der Waals surface area contributed by atoms with Crippen LogP contribution in [-0.4, -0.2) is 33.0 Å². The molecule has 5 heteroatoms. The highest BCUT2D eigenvalue weighted by molar-refractivity contribution is 6.05. The molecule has 124 valence electrons. The van der Waals surface area contributed by atoms with Gasteiger partial charge >= 0.3 is 0 Å². The summed E-state index contributed by atoms with van der Waals surface area (Å²) < 4.78 is 0. The monoisotopic (exact) mass is 323 g/mol. The van der Waals surface area contributed by atoms with E-state index in [2.05, 4.69) is 10.6 Å². The Balaban J connectivity index is 2.24. The topological polar surface area (TPSA) is 61.4 Å². The van der Waals surface area contributed by atoms with Gasteiger partial charge in [-0.15, -0.1) is 0 Å². The average Bonchev–Trinajstić information content (AvgIpc) is 2.61. The number of carbonyl (C=O) groups excluding carboxylic acids is 2. The van der Waals surface area contributed by atoms with Gasteiger partial charge < -0.3 is 15.5 Å².